The molecule has 0 unspecified atom stereocenters. The molecule has 3 N–H and O–H groups in total. The highest BCUT2D eigenvalue weighted by atomic mass is 32.1. The number of phenols is 1. The summed E-state index contributed by atoms with van der Waals surface area (Å²) in [5.74, 6) is -0.975. The maximum Gasteiger partial charge on any atom is 0.243 e. The van der Waals surface area contributed by atoms with Crippen molar-refractivity contribution in [3.8, 4) is 27.4 Å². The number of aromatic hydroxyl groups is 1. The molecule has 0 bridgehead atoms. The van der Waals surface area contributed by atoms with Crippen molar-refractivity contribution in [3.05, 3.63) is 93.6 Å². The van der Waals surface area contributed by atoms with Crippen LogP contribution >= 0.6 is 34.9 Å². The molecule has 3 amide bonds. The van der Waals surface area contributed by atoms with Gasteiger partial charge in [0.1, 0.15) is 22.5 Å². The number of aliphatic hydroxyl groups is 1. The zero-order valence-corrected chi connectivity index (χ0v) is 38.7. The molecule has 6 heterocycles. The third-order valence-electron chi connectivity index (χ3n) is 12.9. The molecule has 2 aliphatic heterocycles. The molecule has 3 aliphatic rings. The number of thiazole rings is 1. The Balaban J connectivity index is 0.849. The predicted molar refractivity (Wildman–Crippen MR) is 250 cm³/mol. The molecule has 14 nitrogen and oxygen atoms in total. The van der Waals surface area contributed by atoms with Crippen molar-refractivity contribution in [2.24, 2.45) is 11.8 Å². The number of para-hydroxylation sites is 1. The number of benzene rings is 2. The zero-order valence-electron chi connectivity index (χ0n) is 36.2. The van der Waals surface area contributed by atoms with E-state index in [1.165, 1.54) is 4.90 Å². The molecule has 17 heteroatoms. The minimum atomic E-state index is -0.852. The number of anilines is 1. The Hall–Kier alpha value is -5.62. The largest absolute Gasteiger partial charge is 0.507 e. The number of likely N-dealkylation sites (tertiary alicyclic amines) is 1. The molecule has 1 aliphatic carbocycles. The van der Waals surface area contributed by atoms with Crippen LogP contribution in [0.3, 0.4) is 0 Å². The first kappa shape index (κ1) is 43.6. The fourth-order valence-electron chi connectivity index (χ4n) is 9.43. The van der Waals surface area contributed by atoms with E-state index < -0.39 is 24.0 Å². The van der Waals surface area contributed by atoms with Crippen LogP contribution in [0, 0.1) is 18.8 Å². The highest BCUT2D eigenvalue weighted by molar-refractivity contribution is 7.81. The monoisotopic (exact) mass is 918 g/mol. The van der Waals surface area contributed by atoms with E-state index in [4.69, 9.17) is 16.7 Å². The fourth-order valence-corrected chi connectivity index (χ4v) is 11.9. The Morgan fingerprint density at radius 2 is 1.80 bits per heavy atom. The highest BCUT2D eigenvalue weighted by Gasteiger charge is 2.44. The third kappa shape index (κ3) is 8.18. The second kappa shape index (κ2) is 17.7. The van der Waals surface area contributed by atoms with Crippen LogP contribution in [0.25, 0.3) is 31.9 Å². The number of thiophene rings is 1. The number of rotatable bonds is 10. The Kier molecular flexibility index (Phi) is 12.1. The van der Waals surface area contributed by atoms with Crippen molar-refractivity contribution in [3.63, 3.8) is 0 Å². The first-order chi connectivity index (χ1) is 30.8. The summed E-state index contributed by atoms with van der Waals surface area (Å²) >= 11 is 9.21. The van der Waals surface area contributed by atoms with Crippen molar-refractivity contribution < 1.29 is 29.1 Å². The molecule has 6 aromatic rings. The van der Waals surface area contributed by atoms with Crippen LogP contribution in [0.5, 0.6) is 5.75 Å². The number of aryl methyl sites for hydroxylation is 2. The smallest absolute Gasteiger partial charge is 0.243 e. The van der Waals surface area contributed by atoms with Gasteiger partial charge in [-0.15, -0.1) is 32.9 Å². The first-order valence-electron chi connectivity index (χ1n) is 21.7. The van der Waals surface area contributed by atoms with E-state index in [9.17, 15) is 24.6 Å². The lowest BCUT2D eigenvalue weighted by molar-refractivity contribution is -0.141. The predicted octanol–water partition coefficient (Wildman–Crippen LogP) is 7.08. The summed E-state index contributed by atoms with van der Waals surface area (Å²) in [6.07, 6.45) is 0.602. The summed E-state index contributed by atoms with van der Waals surface area (Å²) in [5, 5.41) is 38.5. The van der Waals surface area contributed by atoms with E-state index in [0.29, 0.717) is 60.2 Å². The molecular formula is C47H50N8O6S3. The molecular weight excluding hydrogens is 869 g/mol. The molecule has 2 fully saturated rings. The second-order valence-corrected chi connectivity index (χ2v) is 19.9. The molecule has 0 radical (unpaired) electrons. The van der Waals surface area contributed by atoms with E-state index in [0.717, 1.165) is 42.4 Å². The molecule has 64 heavy (non-hydrogen) atoms. The van der Waals surface area contributed by atoms with Gasteiger partial charge in [0.25, 0.3) is 0 Å². The number of phenolic OH excluding ortho intramolecular Hbond substituents is 1. The van der Waals surface area contributed by atoms with Crippen LogP contribution in [0.4, 0.5) is 5.82 Å². The molecule has 0 saturated carbocycles. The van der Waals surface area contributed by atoms with E-state index in [-0.39, 0.29) is 54.4 Å². The van der Waals surface area contributed by atoms with E-state index >= 15 is 0 Å². The number of nitrogens with one attached hydrogen (secondary N) is 1. The van der Waals surface area contributed by atoms with Gasteiger partial charge in [0.05, 0.1) is 39.8 Å². The Labute approximate surface area is 384 Å². The Morgan fingerprint density at radius 1 is 1.02 bits per heavy atom. The molecule has 2 saturated heterocycles. The van der Waals surface area contributed by atoms with Gasteiger partial charge in [-0.25, -0.2) is 4.98 Å². The Bertz CT molecular complexity index is 2750. The minimum Gasteiger partial charge on any atom is -0.507 e. The summed E-state index contributed by atoms with van der Waals surface area (Å²) < 4.78 is 5.92. The number of aromatic nitrogens is 4. The van der Waals surface area contributed by atoms with Gasteiger partial charge in [0, 0.05) is 71.0 Å². The standard InChI is InChI=1S/C47H50N8O6S3/c1-24(2)40(47(60)55-22-30(56)18-35(55)44(58)49-26(4)28-10-12-29(13-11-28)43-27(5)48-23-63-43)37-20-39(52-61-37)54-17-16-53(21-25(54)3)46(59)32-14-15-38-41(42(32)62)33-19-34(50-51-45(33)64-38)31-8-6-7-9-36(31)57/h6-13,19-20,23-26,30,32,35,40,56-57H,14-18,21-22H2,1-5H3,(H,49,58)/t25-,26+,30-,32+,35+,40-/m1/s1. The average molecular weight is 919 g/mol. The van der Waals surface area contributed by atoms with Gasteiger partial charge < -0.3 is 34.8 Å². The number of hydrogen-bond donors (Lipinski definition) is 3. The summed E-state index contributed by atoms with van der Waals surface area (Å²) in [6.45, 7) is 11.2. The minimum absolute atomic E-state index is 0.00330. The van der Waals surface area contributed by atoms with Gasteiger partial charge in [0.2, 0.25) is 17.7 Å². The van der Waals surface area contributed by atoms with E-state index in [1.54, 1.807) is 46.9 Å². The number of β-amino-alcohol motifs (C(OH)–C–C–N with tert-alkyl or cyclic N) is 1. The van der Waals surface area contributed by atoms with Crippen LogP contribution in [0.15, 0.2) is 70.7 Å². The summed E-state index contributed by atoms with van der Waals surface area (Å²) in [6, 6.07) is 17.4. The lowest BCUT2D eigenvalue weighted by Gasteiger charge is -2.41. The van der Waals surface area contributed by atoms with Crippen LogP contribution in [-0.4, -0.2) is 107 Å². The van der Waals surface area contributed by atoms with Gasteiger partial charge in [-0.1, -0.05) is 67.6 Å². The molecule has 2 aromatic carbocycles. The van der Waals surface area contributed by atoms with Crippen LogP contribution < -0.4 is 10.2 Å². The number of hydrogen-bond acceptors (Lipinski definition) is 14. The van der Waals surface area contributed by atoms with E-state index in [2.05, 4.69) is 30.6 Å². The number of aliphatic hydroxyl groups excluding tert-OH is 1. The normalized spacial score (nSPS) is 21.0. The summed E-state index contributed by atoms with van der Waals surface area (Å²) in [5.41, 5.74) is 6.79. The fraction of sp³-hybridized carbons (Fsp3) is 0.404. The van der Waals surface area contributed by atoms with Gasteiger partial charge >= 0.3 is 0 Å². The van der Waals surface area contributed by atoms with Crippen LogP contribution in [-0.2, 0) is 20.8 Å². The number of carbonyl (C=O) groups excluding carboxylic acids is 3. The quantitative estimate of drug-likeness (QED) is 0.119. The summed E-state index contributed by atoms with van der Waals surface area (Å²) in [4.78, 5) is 55.8. The molecule has 4 aromatic heterocycles. The lowest BCUT2D eigenvalue weighted by Crippen LogP contribution is -2.55. The van der Waals surface area contributed by atoms with Crippen molar-refractivity contribution in [1.29, 1.82) is 0 Å². The zero-order chi connectivity index (χ0) is 45.0. The van der Waals surface area contributed by atoms with Gasteiger partial charge in [-0.3, -0.25) is 14.4 Å². The average Bonchev–Trinajstić information content (AvgIpc) is 4.10. The van der Waals surface area contributed by atoms with Crippen LogP contribution in [0.2, 0.25) is 0 Å². The lowest BCUT2D eigenvalue weighted by atomic mass is 9.85. The summed E-state index contributed by atoms with van der Waals surface area (Å²) in [7, 11) is 0. The SMILES string of the molecule is Cc1ncsc1-c1ccc([C@H](C)NC(=O)[C@@H]2C[C@@H](O)CN2C(=O)[C@@H](c2cc(N3CCN(C(=O)[C@H]4CCc5sc6nnc(-c7ccccc7O)cc6c5C4=S)C[C@H]3C)no2)C(C)C)cc1. The van der Waals surface area contributed by atoms with Crippen LogP contribution in [0.1, 0.15) is 80.0 Å². The molecule has 0 spiro atoms. The maximum absolute atomic E-state index is 14.4. The maximum atomic E-state index is 14.4. The molecule has 6 atom stereocenters. The van der Waals surface area contributed by atoms with Crippen molar-refractivity contribution >= 4 is 73.5 Å². The first-order valence-corrected chi connectivity index (χ1v) is 23.8. The van der Waals surface area contributed by atoms with Gasteiger partial charge in [-0.05, 0) is 68.9 Å². The number of fused-ring (bicyclic) bond motifs is 3. The Morgan fingerprint density at radius 3 is 2.52 bits per heavy atom. The van der Waals surface area contributed by atoms with Crippen molar-refractivity contribution in [2.45, 2.75) is 84.0 Å². The highest BCUT2D eigenvalue weighted by Crippen LogP contribution is 2.41. The topological polar surface area (TPSA) is 178 Å². The molecule has 332 valence electrons. The van der Waals surface area contributed by atoms with Gasteiger partial charge in [-0.2, -0.15) is 0 Å². The second-order valence-electron chi connectivity index (χ2n) is 17.5. The number of carbonyl (C=O) groups is 3. The third-order valence-corrected chi connectivity index (χ3v) is 15.5. The van der Waals surface area contributed by atoms with Gasteiger partial charge in [0.15, 0.2) is 11.6 Å². The van der Waals surface area contributed by atoms with Crippen molar-refractivity contribution in [1.82, 2.24) is 35.5 Å². The number of piperazine rings is 1. The molecule has 9 rings (SSSR count). The number of amides is 3. The number of nitrogens with zero attached hydrogens (tertiary/aromatic N) is 7. The van der Waals surface area contributed by atoms with E-state index in [1.807, 2.05) is 81.4 Å². The van der Waals surface area contributed by atoms with Crippen molar-refractivity contribution in [2.75, 3.05) is 31.1 Å². The number of thiocarbonyl (C=S) groups is 1.